The second-order valence-corrected chi connectivity index (χ2v) is 14.5. The van der Waals surface area contributed by atoms with Gasteiger partial charge >= 0.3 is 0 Å². The van der Waals surface area contributed by atoms with E-state index >= 15 is 0 Å². The zero-order chi connectivity index (χ0) is 25.1. The fourth-order valence-corrected chi connectivity index (χ4v) is 9.40. The van der Waals surface area contributed by atoms with E-state index in [0.717, 1.165) is 0 Å². The number of unbranched alkanes of at least 4 members (excludes halogenated alkanes) is 24. The minimum atomic E-state index is 0.699. The third-order valence-electron chi connectivity index (χ3n) is 8.43. The standard InChI is InChI=1S/C33H66S2/c1-3-5-7-9-11-13-15-17-19-21-23-25-27-29-33(31-34-35-32-33)30-28-26-24-22-20-18-16-14-12-10-8-6-4-2/h3-32H2,1-2H3. The number of hydrogen-bond donors (Lipinski definition) is 0. The minimum Gasteiger partial charge on any atom is -0.0935 e. The Kier molecular flexibility index (Phi) is 25.4. The molecular formula is C33H66S2. The highest BCUT2D eigenvalue weighted by Crippen LogP contribution is 2.49. The van der Waals surface area contributed by atoms with E-state index in [0.29, 0.717) is 5.41 Å². The molecule has 0 unspecified atom stereocenters. The van der Waals surface area contributed by atoms with Gasteiger partial charge in [0, 0.05) is 11.5 Å². The Labute approximate surface area is 231 Å². The topological polar surface area (TPSA) is 0 Å². The Morgan fingerprint density at radius 2 is 0.571 bits per heavy atom. The van der Waals surface area contributed by atoms with Crippen LogP contribution in [0.25, 0.3) is 0 Å². The average molecular weight is 527 g/mol. The van der Waals surface area contributed by atoms with Crippen LogP contribution in [0.3, 0.4) is 0 Å². The first-order valence-electron chi connectivity index (χ1n) is 16.6. The van der Waals surface area contributed by atoms with Crippen LogP contribution in [-0.2, 0) is 0 Å². The molecule has 0 saturated carbocycles. The maximum atomic E-state index is 2.31. The zero-order valence-electron chi connectivity index (χ0n) is 24.5. The summed E-state index contributed by atoms with van der Waals surface area (Å²) in [5.74, 6) is 2.88. The summed E-state index contributed by atoms with van der Waals surface area (Å²) in [5, 5.41) is 0. The molecule has 35 heavy (non-hydrogen) atoms. The SMILES string of the molecule is CCCCCCCCCCCCCCCC1(CCCCCCCCCCCCCCC)CSSC1. The van der Waals surface area contributed by atoms with Gasteiger partial charge in [-0.15, -0.1) is 0 Å². The summed E-state index contributed by atoms with van der Waals surface area (Å²) in [5.41, 5.74) is 0.699. The molecule has 0 N–H and O–H groups in total. The van der Waals surface area contributed by atoms with Gasteiger partial charge in [-0.25, -0.2) is 0 Å². The van der Waals surface area contributed by atoms with Crippen molar-refractivity contribution in [3.8, 4) is 0 Å². The van der Waals surface area contributed by atoms with Crippen molar-refractivity contribution < 1.29 is 0 Å². The Hall–Kier alpha value is 0.700. The first kappa shape index (κ1) is 33.7. The monoisotopic (exact) mass is 526 g/mol. The molecule has 0 aromatic heterocycles. The lowest BCUT2D eigenvalue weighted by Crippen LogP contribution is -2.23. The fraction of sp³-hybridized carbons (Fsp3) is 1.00. The van der Waals surface area contributed by atoms with Crippen molar-refractivity contribution in [2.24, 2.45) is 5.41 Å². The average Bonchev–Trinajstić information content (AvgIpc) is 3.34. The van der Waals surface area contributed by atoms with Crippen molar-refractivity contribution in [1.29, 1.82) is 0 Å². The molecule has 0 atom stereocenters. The van der Waals surface area contributed by atoms with Gasteiger partial charge in [0.15, 0.2) is 0 Å². The molecule has 1 saturated heterocycles. The maximum Gasteiger partial charge on any atom is 0.0102 e. The molecular weight excluding hydrogens is 460 g/mol. The van der Waals surface area contributed by atoms with E-state index in [-0.39, 0.29) is 0 Å². The van der Waals surface area contributed by atoms with Crippen molar-refractivity contribution in [3.63, 3.8) is 0 Å². The van der Waals surface area contributed by atoms with Gasteiger partial charge in [0.25, 0.3) is 0 Å². The molecule has 0 aliphatic carbocycles. The van der Waals surface area contributed by atoms with Crippen LogP contribution in [0.4, 0.5) is 0 Å². The van der Waals surface area contributed by atoms with Gasteiger partial charge in [-0.2, -0.15) is 0 Å². The Balaban J connectivity index is 1.89. The van der Waals surface area contributed by atoms with Crippen LogP contribution in [-0.4, -0.2) is 11.5 Å². The lowest BCUT2D eigenvalue weighted by atomic mass is 9.81. The molecule has 1 aliphatic rings. The molecule has 0 nitrogen and oxygen atoms in total. The van der Waals surface area contributed by atoms with Gasteiger partial charge in [0.05, 0.1) is 0 Å². The predicted octanol–water partition coefficient (Wildman–Crippen LogP) is 13.3. The smallest absolute Gasteiger partial charge is 0.0102 e. The van der Waals surface area contributed by atoms with Crippen molar-refractivity contribution in [2.45, 2.75) is 194 Å². The van der Waals surface area contributed by atoms with Crippen LogP contribution in [0.15, 0.2) is 0 Å². The van der Waals surface area contributed by atoms with Gasteiger partial charge in [-0.3, -0.25) is 0 Å². The molecule has 0 aromatic carbocycles. The molecule has 1 rings (SSSR count). The number of rotatable bonds is 28. The third kappa shape index (κ3) is 21.3. The van der Waals surface area contributed by atoms with Gasteiger partial charge in [0.2, 0.25) is 0 Å². The summed E-state index contributed by atoms with van der Waals surface area (Å²) >= 11 is 0. The zero-order valence-corrected chi connectivity index (χ0v) is 26.2. The largest absolute Gasteiger partial charge is 0.0935 e. The third-order valence-corrected chi connectivity index (χ3v) is 11.3. The molecule has 0 aromatic rings. The van der Waals surface area contributed by atoms with E-state index in [1.54, 1.807) is 0 Å². The van der Waals surface area contributed by atoms with Crippen LogP contribution in [0, 0.1) is 5.41 Å². The second kappa shape index (κ2) is 26.3. The highest BCUT2D eigenvalue weighted by molar-refractivity contribution is 8.77. The van der Waals surface area contributed by atoms with E-state index < -0.39 is 0 Å². The van der Waals surface area contributed by atoms with Gasteiger partial charge < -0.3 is 0 Å². The normalized spacial score (nSPS) is 15.3. The number of hydrogen-bond acceptors (Lipinski definition) is 2. The van der Waals surface area contributed by atoms with Crippen LogP contribution in [0.2, 0.25) is 0 Å². The Bertz CT molecular complexity index is 370. The van der Waals surface area contributed by atoms with Crippen LogP contribution >= 0.6 is 21.6 Å². The quantitative estimate of drug-likeness (QED) is 0.0734. The molecule has 0 amide bonds. The van der Waals surface area contributed by atoms with Crippen molar-refractivity contribution >= 4 is 21.6 Å². The highest BCUT2D eigenvalue weighted by Gasteiger charge is 2.33. The second-order valence-electron chi connectivity index (χ2n) is 12.0. The highest BCUT2D eigenvalue weighted by atomic mass is 33.1. The molecule has 0 spiro atoms. The molecule has 1 heterocycles. The van der Waals surface area contributed by atoms with Crippen molar-refractivity contribution in [1.82, 2.24) is 0 Å². The fourth-order valence-electron chi connectivity index (χ4n) is 5.82. The Morgan fingerprint density at radius 3 is 0.829 bits per heavy atom. The van der Waals surface area contributed by atoms with E-state index in [1.165, 1.54) is 191 Å². The molecule has 2 heteroatoms. The lowest BCUT2D eigenvalue weighted by molar-refractivity contribution is 0.300. The van der Waals surface area contributed by atoms with Gasteiger partial charge in [-0.1, -0.05) is 202 Å². The van der Waals surface area contributed by atoms with Crippen molar-refractivity contribution in [2.75, 3.05) is 11.5 Å². The lowest BCUT2D eigenvalue weighted by Gasteiger charge is -2.27. The summed E-state index contributed by atoms with van der Waals surface area (Å²) in [6.07, 6.45) is 41.4. The maximum absolute atomic E-state index is 2.31. The molecule has 1 fully saturated rings. The van der Waals surface area contributed by atoms with Crippen molar-refractivity contribution in [3.05, 3.63) is 0 Å². The van der Waals surface area contributed by atoms with Crippen LogP contribution in [0.5, 0.6) is 0 Å². The first-order chi connectivity index (χ1) is 17.3. The van der Waals surface area contributed by atoms with Crippen LogP contribution in [0.1, 0.15) is 194 Å². The van der Waals surface area contributed by atoms with Crippen LogP contribution < -0.4 is 0 Å². The molecule has 0 bridgehead atoms. The van der Waals surface area contributed by atoms with E-state index in [9.17, 15) is 0 Å². The minimum absolute atomic E-state index is 0.699. The first-order valence-corrected chi connectivity index (χ1v) is 19.1. The summed E-state index contributed by atoms with van der Waals surface area (Å²) < 4.78 is 0. The van der Waals surface area contributed by atoms with Gasteiger partial charge in [-0.05, 0) is 18.3 Å². The summed E-state index contributed by atoms with van der Waals surface area (Å²) in [6.45, 7) is 4.62. The molecule has 1 aliphatic heterocycles. The molecule has 210 valence electrons. The predicted molar refractivity (Wildman–Crippen MR) is 168 cm³/mol. The Morgan fingerprint density at radius 1 is 0.343 bits per heavy atom. The summed E-state index contributed by atoms with van der Waals surface area (Å²) in [7, 11) is 4.34. The summed E-state index contributed by atoms with van der Waals surface area (Å²) in [6, 6.07) is 0. The molecule has 0 radical (unpaired) electrons. The van der Waals surface area contributed by atoms with E-state index in [4.69, 9.17) is 0 Å². The van der Waals surface area contributed by atoms with E-state index in [2.05, 4.69) is 35.4 Å². The van der Waals surface area contributed by atoms with Gasteiger partial charge in [0.1, 0.15) is 0 Å². The summed E-state index contributed by atoms with van der Waals surface area (Å²) in [4.78, 5) is 0. The van der Waals surface area contributed by atoms with E-state index in [1.807, 2.05) is 0 Å².